The zero-order valence-corrected chi connectivity index (χ0v) is 8.25. The maximum absolute atomic E-state index is 11.6. The van der Waals surface area contributed by atoms with Crippen molar-refractivity contribution in [2.75, 3.05) is 6.54 Å². The van der Waals surface area contributed by atoms with Crippen molar-refractivity contribution < 1.29 is 4.79 Å². The van der Waals surface area contributed by atoms with Gasteiger partial charge >= 0.3 is 0 Å². The van der Waals surface area contributed by atoms with Crippen molar-refractivity contribution in [3.8, 4) is 0 Å². The molecule has 1 saturated carbocycles. The molecule has 1 aliphatic carbocycles. The van der Waals surface area contributed by atoms with Gasteiger partial charge in [0.1, 0.15) is 0 Å². The Kier molecular flexibility index (Phi) is 2.06. The highest BCUT2D eigenvalue weighted by atomic mass is 16.2. The lowest BCUT2D eigenvalue weighted by Gasteiger charge is -2.48. The number of carbonyl (C=O) groups excluding carboxylic acids is 1. The Morgan fingerprint density at radius 3 is 2.62 bits per heavy atom. The Morgan fingerprint density at radius 1 is 1.62 bits per heavy atom. The van der Waals surface area contributed by atoms with Gasteiger partial charge in [0.2, 0.25) is 5.91 Å². The quantitative estimate of drug-likeness (QED) is 0.689. The number of likely N-dealkylation sites (tertiary alicyclic amines) is 1. The van der Waals surface area contributed by atoms with Gasteiger partial charge in [-0.15, -0.1) is 0 Å². The molecule has 1 amide bonds. The molecule has 1 atom stereocenters. The van der Waals surface area contributed by atoms with Crippen molar-refractivity contribution in [3.05, 3.63) is 0 Å². The molecule has 0 spiro atoms. The van der Waals surface area contributed by atoms with Gasteiger partial charge < -0.3 is 10.6 Å². The van der Waals surface area contributed by atoms with Gasteiger partial charge in [0, 0.05) is 24.5 Å². The monoisotopic (exact) mass is 182 g/mol. The van der Waals surface area contributed by atoms with Gasteiger partial charge in [0.25, 0.3) is 0 Å². The number of hydrogen-bond donors (Lipinski definition) is 1. The fourth-order valence-corrected chi connectivity index (χ4v) is 2.59. The van der Waals surface area contributed by atoms with Gasteiger partial charge in [-0.05, 0) is 25.7 Å². The largest absolute Gasteiger partial charge is 0.335 e. The summed E-state index contributed by atoms with van der Waals surface area (Å²) in [5.41, 5.74) is 5.98. The Labute approximate surface area is 79.3 Å². The average molecular weight is 182 g/mol. The van der Waals surface area contributed by atoms with Crippen LogP contribution < -0.4 is 5.73 Å². The third-order valence-electron chi connectivity index (χ3n) is 3.67. The predicted molar refractivity (Wildman–Crippen MR) is 51.2 cm³/mol. The first-order valence-corrected chi connectivity index (χ1v) is 5.24. The lowest BCUT2D eigenvalue weighted by atomic mass is 9.73. The molecule has 0 bridgehead atoms. The Hall–Kier alpha value is -0.570. The van der Waals surface area contributed by atoms with E-state index in [9.17, 15) is 4.79 Å². The first-order valence-electron chi connectivity index (χ1n) is 5.24. The second kappa shape index (κ2) is 2.98. The molecule has 1 saturated heterocycles. The van der Waals surface area contributed by atoms with Gasteiger partial charge in [-0.3, -0.25) is 4.79 Å². The summed E-state index contributed by atoms with van der Waals surface area (Å²) < 4.78 is 0. The van der Waals surface area contributed by atoms with E-state index in [1.165, 1.54) is 19.3 Å². The Balaban J connectivity index is 2.11. The van der Waals surface area contributed by atoms with E-state index in [1.807, 2.05) is 4.90 Å². The number of carbonyl (C=O) groups is 1. The van der Waals surface area contributed by atoms with E-state index in [4.69, 9.17) is 5.73 Å². The summed E-state index contributed by atoms with van der Waals surface area (Å²) in [6.45, 7) is 2.96. The number of nitrogens with zero attached hydrogens (tertiary/aromatic N) is 1. The smallest absolute Gasteiger partial charge is 0.224 e. The van der Waals surface area contributed by atoms with Crippen LogP contribution in [0.15, 0.2) is 0 Å². The predicted octanol–water partition coefficient (Wildman–Crippen LogP) is 0.879. The number of amides is 1. The van der Waals surface area contributed by atoms with Crippen LogP contribution in [0.1, 0.15) is 39.0 Å². The molecule has 13 heavy (non-hydrogen) atoms. The third kappa shape index (κ3) is 1.26. The highest BCUT2D eigenvalue weighted by molar-refractivity contribution is 5.80. The van der Waals surface area contributed by atoms with Crippen LogP contribution in [0, 0.1) is 0 Å². The van der Waals surface area contributed by atoms with E-state index in [2.05, 4.69) is 6.92 Å². The Morgan fingerprint density at radius 2 is 2.31 bits per heavy atom. The van der Waals surface area contributed by atoms with Crippen LogP contribution in [0.25, 0.3) is 0 Å². The first kappa shape index (κ1) is 9.00. The SMILES string of the molecule is CCC1(N2CC(N)CC2=O)CCC1. The molecule has 2 aliphatic rings. The van der Waals surface area contributed by atoms with Gasteiger partial charge in [0.15, 0.2) is 0 Å². The molecule has 3 heteroatoms. The minimum Gasteiger partial charge on any atom is -0.335 e. The zero-order chi connectivity index (χ0) is 9.47. The standard InChI is InChI=1S/C10H18N2O/c1-2-10(4-3-5-10)12-7-8(11)6-9(12)13/h8H,2-7,11H2,1H3. The molecular formula is C10H18N2O. The van der Waals surface area contributed by atoms with E-state index in [-0.39, 0.29) is 17.5 Å². The van der Waals surface area contributed by atoms with E-state index in [0.717, 1.165) is 13.0 Å². The Bertz CT molecular complexity index is 217. The zero-order valence-electron chi connectivity index (χ0n) is 8.25. The van der Waals surface area contributed by atoms with Gasteiger partial charge in [-0.2, -0.15) is 0 Å². The van der Waals surface area contributed by atoms with Gasteiger partial charge in [-0.1, -0.05) is 6.92 Å². The van der Waals surface area contributed by atoms with Crippen LogP contribution in [0.5, 0.6) is 0 Å². The number of hydrogen-bond acceptors (Lipinski definition) is 2. The summed E-state index contributed by atoms with van der Waals surface area (Å²) in [7, 11) is 0. The lowest BCUT2D eigenvalue weighted by molar-refractivity contribution is -0.136. The van der Waals surface area contributed by atoms with Crippen LogP contribution in [0.3, 0.4) is 0 Å². The summed E-state index contributed by atoms with van der Waals surface area (Å²) in [5, 5.41) is 0. The minimum atomic E-state index is 0.0801. The van der Waals surface area contributed by atoms with Crippen molar-refractivity contribution in [3.63, 3.8) is 0 Å². The van der Waals surface area contributed by atoms with Crippen molar-refractivity contribution in [1.29, 1.82) is 0 Å². The summed E-state index contributed by atoms with van der Waals surface area (Å²) in [6, 6.07) is 0.0801. The van der Waals surface area contributed by atoms with Gasteiger partial charge in [0.05, 0.1) is 0 Å². The summed E-state index contributed by atoms with van der Waals surface area (Å²) in [4.78, 5) is 13.7. The molecular weight excluding hydrogens is 164 g/mol. The maximum Gasteiger partial charge on any atom is 0.224 e. The highest BCUT2D eigenvalue weighted by Gasteiger charge is 2.46. The molecule has 3 nitrogen and oxygen atoms in total. The lowest BCUT2D eigenvalue weighted by Crippen LogP contribution is -2.54. The highest BCUT2D eigenvalue weighted by Crippen LogP contribution is 2.42. The topological polar surface area (TPSA) is 46.3 Å². The van der Waals surface area contributed by atoms with Crippen LogP contribution in [0.4, 0.5) is 0 Å². The van der Waals surface area contributed by atoms with E-state index < -0.39 is 0 Å². The maximum atomic E-state index is 11.6. The molecule has 2 rings (SSSR count). The van der Waals surface area contributed by atoms with Crippen LogP contribution in [-0.2, 0) is 4.79 Å². The van der Waals surface area contributed by atoms with E-state index in [1.54, 1.807) is 0 Å². The molecule has 1 heterocycles. The van der Waals surface area contributed by atoms with Crippen molar-refractivity contribution in [2.45, 2.75) is 50.6 Å². The van der Waals surface area contributed by atoms with Crippen molar-refractivity contribution >= 4 is 5.91 Å². The molecule has 0 aromatic rings. The molecule has 74 valence electrons. The molecule has 1 unspecified atom stereocenters. The average Bonchev–Trinajstić information content (AvgIpc) is 2.30. The second-order valence-corrected chi connectivity index (χ2v) is 4.40. The first-order chi connectivity index (χ1) is 6.18. The third-order valence-corrected chi connectivity index (χ3v) is 3.67. The molecule has 2 N–H and O–H groups in total. The summed E-state index contributed by atoms with van der Waals surface area (Å²) in [6.07, 6.45) is 5.28. The molecule has 2 fully saturated rings. The van der Waals surface area contributed by atoms with Gasteiger partial charge in [-0.25, -0.2) is 0 Å². The molecule has 1 aliphatic heterocycles. The second-order valence-electron chi connectivity index (χ2n) is 4.40. The van der Waals surface area contributed by atoms with Crippen molar-refractivity contribution in [2.24, 2.45) is 5.73 Å². The fourth-order valence-electron chi connectivity index (χ4n) is 2.59. The molecule has 0 aromatic heterocycles. The van der Waals surface area contributed by atoms with Crippen LogP contribution >= 0.6 is 0 Å². The summed E-state index contributed by atoms with van der Waals surface area (Å²) in [5.74, 6) is 0.272. The normalized spacial score (nSPS) is 32.0. The van der Waals surface area contributed by atoms with Crippen LogP contribution in [-0.4, -0.2) is 28.9 Å². The fraction of sp³-hybridized carbons (Fsp3) is 0.900. The van der Waals surface area contributed by atoms with Crippen molar-refractivity contribution in [1.82, 2.24) is 4.90 Å². The van der Waals surface area contributed by atoms with E-state index in [0.29, 0.717) is 6.42 Å². The van der Waals surface area contributed by atoms with Crippen LogP contribution in [0.2, 0.25) is 0 Å². The van der Waals surface area contributed by atoms with E-state index >= 15 is 0 Å². The summed E-state index contributed by atoms with van der Waals surface area (Å²) >= 11 is 0. The number of rotatable bonds is 2. The minimum absolute atomic E-state index is 0.0801. The molecule has 0 radical (unpaired) electrons. The molecule has 0 aromatic carbocycles. The number of nitrogens with two attached hydrogens (primary N) is 1.